The summed E-state index contributed by atoms with van der Waals surface area (Å²) in [5.41, 5.74) is 21.4. The third-order valence-electron chi connectivity index (χ3n) is 12.7. The maximum Gasteiger partial charge on any atom is 0.0505 e. The Balaban J connectivity index is 1.20. The number of hydrogen-bond donors (Lipinski definition) is 0. The summed E-state index contributed by atoms with van der Waals surface area (Å²) in [7, 11) is 0. The van der Waals surface area contributed by atoms with E-state index >= 15 is 0 Å². The van der Waals surface area contributed by atoms with E-state index < -0.39 is 0 Å². The molecule has 0 saturated carbocycles. The van der Waals surface area contributed by atoms with Crippen molar-refractivity contribution in [3.8, 4) is 11.1 Å². The Morgan fingerprint density at radius 2 is 0.963 bits per heavy atom. The smallest absolute Gasteiger partial charge is 0.0505 e. The fourth-order valence-corrected chi connectivity index (χ4v) is 10.5. The van der Waals surface area contributed by atoms with E-state index in [1.54, 1.807) is 0 Å². The quantitative estimate of drug-likeness (QED) is 0.171. The monoisotopic (exact) mass is 698 g/mol. The molecular formula is C52H46N2. The molecule has 0 bridgehead atoms. The summed E-state index contributed by atoms with van der Waals surface area (Å²) in [4.78, 5) is 5.05. The van der Waals surface area contributed by atoms with E-state index in [0.29, 0.717) is 0 Å². The summed E-state index contributed by atoms with van der Waals surface area (Å²) in [5.74, 6) is 0. The summed E-state index contributed by atoms with van der Waals surface area (Å²) < 4.78 is 0. The zero-order chi connectivity index (χ0) is 36.6. The SMILES string of the molecule is Cc1cc(C)c2c(c1)C(C)(C)c1ccc(N(c3ccccc3)c3cccc4c3[C@]3(CCc5cccc(N(c6ccccc6)c6ccccc6)c53)CC4)cc1-2. The van der Waals surface area contributed by atoms with Gasteiger partial charge in [0, 0.05) is 33.6 Å². The van der Waals surface area contributed by atoms with Gasteiger partial charge in [0.1, 0.15) is 0 Å². The van der Waals surface area contributed by atoms with Gasteiger partial charge in [-0.3, -0.25) is 0 Å². The van der Waals surface area contributed by atoms with Gasteiger partial charge in [0.25, 0.3) is 0 Å². The lowest BCUT2D eigenvalue weighted by Crippen LogP contribution is -2.27. The van der Waals surface area contributed by atoms with Crippen LogP contribution in [-0.2, 0) is 23.7 Å². The highest BCUT2D eigenvalue weighted by atomic mass is 15.2. The molecule has 0 N–H and O–H groups in total. The lowest BCUT2D eigenvalue weighted by Gasteiger charge is -2.37. The number of nitrogens with zero attached hydrogens (tertiary/aromatic N) is 2. The number of hydrogen-bond acceptors (Lipinski definition) is 2. The molecular weight excluding hydrogens is 653 g/mol. The van der Waals surface area contributed by atoms with E-state index in [0.717, 1.165) is 25.7 Å². The van der Waals surface area contributed by atoms with Crippen LogP contribution in [0.4, 0.5) is 34.1 Å². The van der Waals surface area contributed by atoms with Crippen molar-refractivity contribution in [3.63, 3.8) is 0 Å². The van der Waals surface area contributed by atoms with Crippen molar-refractivity contribution in [2.45, 2.75) is 64.2 Å². The normalized spacial score (nSPS) is 17.2. The van der Waals surface area contributed by atoms with Gasteiger partial charge in [-0.05, 0) is 150 Å². The van der Waals surface area contributed by atoms with Gasteiger partial charge in [0.05, 0.1) is 11.4 Å². The van der Waals surface area contributed by atoms with Gasteiger partial charge in [-0.2, -0.15) is 0 Å². The van der Waals surface area contributed by atoms with Crippen LogP contribution in [0.5, 0.6) is 0 Å². The standard InChI is InChI=1S/C52H46N2/c1-35-32-36(2)48-43-34-42(26-27-44(43)51(3,4)45(48)33-35)54(41-22-12-7-13-23-41)47-25-15-17-38-29-31-52(50(38)47)30-28-37-16-14-24-46(49(37)52)53(39-18-8-5-9-19-39)40-20-10-6-11-21-40/h5-27,32-34H,28-31H2,1-4H3/t52-/m1/s1. The zero-order valence-electron chi connectivity index (χ0n) is 31.7. The Hall–Kier alpha value is -5.86. The molecule has 0 heterocycles. The van der Waals surface area contributed by atoms with Crippen LogP contribution in [0, 0.1) is 13.8 Å². The highest BCUT2D eigenvalue weighted by Crippen LogP contribution is 2.60. The van der Waals surface area contributed by atoms with Gasteiger partial charge in [0.2, 0.25) is 0 Å². The second-order valence-electron chi connectivity index (χ2n) is 16.2. The molecule has 0 fully saturated rings. The minimum absolute atomic E-state index is 0.0526. The number of benzene rings is 7. The molecule has 0 amide bonds. The average Bonchev–Trinajstić information content (AvgIpc) is 3.84. The van der Waals surface area contributed by atoms with Gasteiger partial charge >= 0.3 is 0 Å². The number of rotatable bonds is 6. The lowest BCUT2D eigenvalue weighted by atomic mass is 9.74. The van der Waals surface area contributed by atoms with Crippen molar-refractivity contribution in [1.82, 2.24) is 0 Å². The molecule has 7 aromatic carbocycles. The fraction of sp³-hybridized carbons (Fsp3) is 0.192. The first-order chi connectivity index (χ1) is 26.3. The van der Waals surface area contributed by atoms with Crippen molar-refractivity contribution in [3.05, 3.63) is 202 Å². The first-order valence-corrected chi connectivity index (χ1v) is 19.6. The van der Waals surface area contributed by atoms with Crippen molar-refractivity contribution >= 4 is 34.1 Å². The molecule has 264 valence electrons. The van der Waals surface area contributed by atoms with E-state index in [1.165, 1.54) is 89.8 Å². The molecule has 54 heavy (non-hydrogen) atoms. The Bertz CT molecular complexity index is 2510. The number of anilines is 6. The highest BCUT2D eigenvalue weighted by molar-refractivity contribution is 5.90. The molecule has 2 nitrogen and oxygen atoms in total. The van der Waals surface area contributed by atoms with Crippen molar-refractivity contribution in [2.24, 2.45) is 0 Å². The summed E-state index contributed by atoms with van der Waals surface area (Å²) in [5, 5.41) is 0. The molecule has 7 aromatic rings. The topological polar surface area (TPSA) is 6.48 Å². The van der Waals surface area contributed by atoms with Gasteiger partial charge in [0.15, 0.2) is 0 Å². The van der Waals surface area contributed by atoms with Crippen molar-refractivity contribution in [2.75, 3.05) is 9.80 Å². The molecule has 10 rings (SSSR count). The molecule has 0 aliphatic heterocycles. The number of fused-ring (bicyclic) bond motifs is 7. The van der Waals surface area contributed by atoms with Crippen molar-refractivity contribution in [1.29, 1.82) is 0 Å². The maximum atomic E-state index is 2.56. The Morgan fingerprint density at radius 3 is 1.48 bits per heavy atom. The van der Waals surface area contributed by atoms with E-state index in [9.17, 15) is 0 Å². The van der Waals surface area contributed by atoms with Gasteiger partial charge in [-0.25, -0.2) is 0 Å². The van der Waals surface area contributed by atoms with Gasteiger partial charge < -0.3 is 9.80 Å². The Morgan fingerprint density at radius 1 is 0.463 bits per heavy atom. The third kappa shape index (κ3) is 4.86. The highest BCUT2D eigenvalue weighted by Gasteiger charge is 2.49. The van der Waals surface area contributed by atoms with E-state index in [2.05, 4.69) is 195 Å². The number of aryl methyl sites for hydroxylation is 4. The molecule has 1 atom stereocenters. The largest absolute Gasteiger partial charge is 0.310 e. The molecule has 3 aliphatic rings. The fourth-order valence-electron chi connectivity index (χ4n) is 10.5. The molecule has 1 spiro atoms. The molecule has 0 aromatic heterocycles. The minimum Gasteiger partial charge on any atom is -0.310 e. The second-order valence-corrected chi connectivity index (χ2v) is 16.2. The number of para-hydroxylation sites is 3. The Labute approximate surface area is 320 Å². The second kappa shape index (κ2) is 12.4. The van der Waals surface area contributed by atoms with E-state index in [4.69, 9.17) is 0 Å². The van der Waals surface area contributed by atoms with Crippen LogP contribution in [0.2, 0.25) is 0 Å². The first-order valence-electron chi connectivity index (χ1n) is 19.6. The van der Waals surface area contributed by atoms with Crippen LogP contribution in [-0.4, -0.2) is 0 Å². The van der Waals surface area contributed by atoms with Gasteiger partial charge in [-0.15, -0.1) is 0 Å². The molecule has 2 heteroatoms. The lowest BCUT2D eigenvalue weighted by molar-refractivity contribution is 0.508. The van der Waals surface area contributed by atoms with E-state index in [-0.39, 0.29) is 10.8 Å². The molecule has 3 aliphatic carbocycles. The van der Waals surface area contributed by atoms with Crippen LogP contribution >= 0.6 is 0 Å². The summed E-state index contributed by atoms with van der Waals surface area (Å²) in [6, 6.07) is 59.0. The average molecular weight is 699 g/mol. The Kier molecular flexibility index (Phi) is 7.49. The van der Waals surface area contributed by atoms with E-state index in [1.807, 2.05) is 0 Å². The molecule has 0 unspecified atom stereocenters. The van der Waals surface area contributed by atoms with Crippen molar-refractivity contribution < 1.29 is 0 Å². The summed E-state index contributed by atoms with van der Waals surface area (Å²) in [6.07, 6.45) is 4.35. The first kappa shape index (κ1) is 32.8. The van der Waals surface area contributed by atoms with Crippen LogP contribution in [0.15, 0.2) is 158 Å². The summed E-state index contributed by atoms with van der Waals surface area (Å²) >= 11 is 0. The van der Waals surface area contributed by atoms with Crippen LogP contribution in [0.25, 0.3) is 11.1 Å². The maximum absolute atomic E-state index is 2.56. The van der Waals surface area contributed by atoms with Crippen LogP contribution < -0.4 is 9.80 Å². The van der Waals surface area contributed by atoms with Crippen LogP contribution in [0.1, 0.15) is 71.2 Å². The molecule has 0 radical (unpaired) electrons. The summed E-state index contributed by atoms with van der Waals surface area (Å²) in [6.45, 7) is 9.30. The zero-order valence-corrected chi connectivity index (χ0v) is 31.7. The van der Waals surface area contributed by atoms with Gasteiger partial charge in [-0.1, -0.05) is 116 Å². The van der Waals surface area contributed by atoms with Crippen LogP contribution in [0.3, 0.4) is 0 Å². The molecule has 0 saturated heterocycles. The third-order valence-corrected chi connectivity index (χ3v) is 12.7. The minimum atomic E-state index is -0.119. The predicted molar refractivity (Wildman–Crippen MR) is 227 cm³/mol. The predicted octanol–water partition coefficient (Wildman–Crippen LogP) is 13.7.